The molecule has 27 heavy (non-hydrogen) atoms. The highest BCUT2D eigenvalue weighted by Gasteiger charge is 2.44. The van der Waals surface area contributed by atoms with Crippen molar-refractivity contribution in [3.05, 3.63) is 23.8 Å². The number of aliphatic hydroxyl groups is 4. The molecule has 150 valence electrons. The molecule has 0 amide bonds. The summed E-state index contributed by atoms with van der Waals surface area (Å²) < 4.78 is 10.6. The number of carboxylic acids is 1. The molecule has 11 nitrogen and oxygen atoms in total. The summed E-state index contributed by atoms with van der Waals surface area (Å²) in [7, 11) is 0. The number of benzene rings is 1. The fourth-order valence-corrected chi connectivity index (χ4v) is 2.58. The number of hydrogen-bond acceptors (Lipinski definition) is 10. The van der Waals surface area contributed by atoms with Gasteiger partial charge in [0.2, 0.25) is 6.29 Å². The molecule has 1 unspecified atom stereocenters. The predicted octanol–water partition coefficient (Wildman–Crippen LogP) is -2.57. The molecular formula is C16H22N2O9. The number of aliphatic carboxylic acids is 1. The maximum absolute atomic E-state index is 12.2. The third-order valence-electron chi connectivity index (χ3n) is 4.18. The Morgan fingerprint density at radius 2 is 1.85 bits per heavy atom. The first-order valence-electron chi connectivity index (χ1n) is 8.04. The van der Waals surface area contributed by atoms with Crippen LogP contribution >= 0.6 is 0 Å². The van der Waals surface area contributed by atoms with Gasteiger partial charge in [-0.15, -0.1) is 0 Å². The van der Waals surface area contributed by atoms with Crippen molar-refractivity contribution < 1.29 is 44.6 Å². The van der Waals surface area contributed by atoms with Gasteiger partial charge >= 0.3 is 5.97 Å². The zero-order valence-electron chi connectivity index (χ0n) is 14.1. The number of carbonyl (C=O) groups excluding carboxylic acids is 1. The van der Waals surface area contributed by atoms with Crippen molar-refractivity contribution in [2.75, 3.05) is 12.3 Å². The molecule has 0 radical (unpaired) electrons. The Hall–Kier alpha value is -2.28. The van der Waals surface area contributed by atoms with Crippen molar-refractivity contribution in [3.8, 4) is 5.75 Å². The number of para-hydroxylation sites is 1. The van der Waals surface area contributed by atoms with Crippen LogP contribution in [0.25, 0.3) is 0 Å². The van der Waals surface area contributed by atoms with Crippen LogP contribution in [0.15, 0.2) is 18.2 Å². The van der Waals surface area contributed by atoms with E-state index in [2.05, 4.69) is 0 Å². The molecule has 1 fully saturated rings. The van der Waals surface area contributed by atoms with Gasteiger partial charge in [-0.2, -0.15) is 0 Å². The van der Waals surface area contributed by atoms with Gasteiger partial charge in [0.05, 0.1) is 12.3 Å². The second-order valence-corrected chi connectivity index (χ2v) is 6.10. The summed E-state index contributed by atoms with van der Waals surface area (Å²) in [4.78, 5) is 23.0. The summed E-state index contributed by atoms with van der Waals surface area (Å²) in [5.74, 6) is -2.04. The predicted molar refractivity (Wildman–Crippen MR) is 89.8 cm³/mol. The van der Waals surface area contributed by atoms with E-state index in [1.807, 2.05) is 0 Å². The highest BCUT2D eigenvalue weighted by molar-refractivity contribution is 6.03. The normalized spacial score (nSPS) is 29.1. The fraction of sp³-hybridized carbons (Fsp3) is 0.500. The van der Waals surface area contributed by atoms with Crippen LogP contribution in [0.4, 0.5) is 5.69 Å². The molecule has 1 aromatic rings. The number of ether oxygens (including phenoxy) is 2. The van der Waals surface area contributed by atoms with Gasteiger partial charge in [0, 0.05) is 12.0 Å². The maximum Gasteiger partial charge on any atom is 0.320 e. The van der Waals surface area contributed by atoms with Crippen LogP contribution in [0, 0.1) is 0 Å². The average Bonchev–Trinajstić information content (AvgIpc) is 2.63. The van der Waals surface area contributed by atoms with Crippen LogP contribution in [0.1, 0.15) is 16.8 Å². The van der Waals surface area contributed by atoms with E-state index in [-0.39, 0.29) is 17.0 Å². The van der Waals surface area contributed by atoms with Crippen LogP contribution in [-0.2, 0) is 9.53 Å². The second kappa shape index (κ2) is 8.61. The van der Waals surface area contributed by atoms with Gasteiger partial charge in [0.15, 0.2) is 5.78 Å². The highest BCUT2D eigenvalue weighted by Crippen LogP contribution is 2.30. The standard InChI is InChI=1S/C16H22N2O9/c17-7(15(24)25)4-8(20)6-2-1-3-9(11(6)18)26-16-14(23)13(22)12(21)10(5-19)27-16/h1-3,7,10,12-14,16,19,21-23H,4-5,17-18H2,(H,24,25)/t7?,10-,12-,13+,14-,16-/m0/s1. The van der Waals surface area contributed by atoms with E-state index < -0.39 is 61.5 Å². The smallest absolute Gasteiger partial charge is 0.320 e. The molecule has 1 aliphatic heterocycles. The molecule has 0 spiro atoms. The summed E-state index contributed by atoms with van der Waals surface area (Å²) in [6, 6.07) is 2.73. The Balaban J connectivity index is 2.20. The van der Waals surface area contributed by atoms with Gasteiger partial charge in [-0.05, 0) is 12.1 Å². The van der Waals surface area contributed by atoms with E-state index in [0.717, 1.165) is 0 Å². The quantitative estimate of drug-likeness (QED) is 0.191. The molecule has 1 heterocycles. The Labute approximate surface area is 153 Å². The van der Waals surface area contributed by atoms with Gasteiger partial charge < -0.3 is 46.5 Å². The van der Waals surface area contributed by atoms with Gasteiger partial charge in [0.1, 0.15) is 36.2 Å². The lowest BCUT2D eigenvalue weighted by atomic mass is 9.99. The van der Waals surface area contributed by atoms with E-state index in [1.54, 1.807) is 0 Å². The van der Waals surface area contributed by atoms with Crippen molar-refractivity contribution in [1.29, 1.82) is 0 Å². The van der Waals surface area contributed by atoms with Crippen molar-refractivity contribution in [1.82, 2.24) is 0 Å². The SMILES string of the molecule is Nc1c(O[C@H]2O[C@@H](CO)[C@H](O)[C@@H](O)[C@@H]2O)cccc1C(=O)CC(N)C(=O)O. The third-order valence-corrected chi connectivity index (χ3v) is 4.18. The summed E-state index contributed by atoms with van der Waals surface area (Å²) in [6.45, 7) is -0.633. The monoisotopic (exact) mass is 386 g/mol. The van der Waals surface area contributed by atoms with Gasteiger partial charge in [-0.1, -0.05) is 6.07 Å². The number of aliphatic hydroxyl groups excluding tert-OH is 4. The first-order chi connectivity index (χ1) is 12.7. The Morgan fingerprint density at radius 1 is 1.19 bits per heavy atom. The molecule has 1 aromatic carbocycles. The molecular weight excluding hydrogens is 364 g/mol. The lowest BCUT2D eigenvalue weighted by Gasteiger charge is -2.39. The van der Waals surface area contributed by atoms with Crippen molar-refractivity contribution in [2.45, 2.75) is 43.2 Å². The molecule has 0 bridgehead atoms. The van der Waals surface area contributed by atoms with Crippen molar-refractivity contribution in [2.24, 2.45) is 5.73 Å². The zero-order chi connectivity index (χ0) is 20.3. The van der Waals surface area contributed by atoms with Crippen LogP contribution < -0.4 is 16.2 Å². The van der Waals surface area contributed by atoms with E-state index in [1.165, 1.54) is 18.2 Å². The number of carboxylic acid groups (broad SMARTS) is 1. The summed E-state index contributed by atoms with van der Waals surface area (Å²) in [5.41, 5.74) is 11.1. The number of nitrogens with two attached hydrogens (primary N) is 2. The molecule has 0 aromatic heterocycles. The lowest BCUT2D eigenvalue weighted by Crippen LogP contribution is -2.60. The molecule has 2 rings (SSSR count). The van der Waals surface area contributed by atoms with E-state index in [9.17, 15) is 30.0 Å². The number of rotatable bonds is 7. The number of Topliss-reactive ketones (excluding diaryl/α,β-unsaturated/α-hetero) is 1. The third kappa shape index (κ3) is 4.53. The van der Waals surface area contributed by atoms with Crippen LogP contribution in [0.5, 0.6) is 5.75 Å². The molecule has 0 aliphatic carbocycles. The minimum atomic E-state index is -1.65. The summed E-state index contributed by atoms with van der Waals surface area (Å²) in [6.07, 6.45) is -7.97. The van der Waals surface area contributed by atoms with Crippen LogP contribution in [0.2, 0.25) is 0 Å². The van der Waals surface area contributed by atoms with Crippen molar-refractivity contribution in [3.63, 3.8) is 0 Å². The number of ketones is 1. The highest BCUT2D eigenvalue weighted by atomic mass is 16.7. The number of nitrogen functional groups attached to an aromatic ring is 1. The molecule has 9 N–H and O–H groups in total. The Morgan fingerprint density at radius 3 is 2.44 bits per heavy atom. The van der Waals surface area contributed by atoms with Crippen LogP contribution in [0.3, 0.4) is 0 Å². The average molecular weight is 386 g/mol. The number of hydrogen-bond donors (Lipinski definition) is 7. The van der Waals surface area contributed by atoms with E-state index in [4.69, 9.17) is 26.0 Å². The first-order valence-corrected chi connectivity index (χ1v) is 8.04. The number of anilines is 1. The first kappa shape index (κ1) is 21.0. The summed E-state index contributed by atoms with van der Waals surface area (Å²) in [5, 5.41) is 47.5. The topological polar surface area (TPSA) is 206 Å². The molecule has 11 heteroatoms. The van der Waals surface area contributed by atoms with Gasteiger partial charge in [0.25, 0.3) is 0 Å². The maximum atomic E-state index is 12.2. The minimum absolute atomic E-state index is 0.0335. The van der Waals surface area contributed by atoms with Gasteiger partial charge in [-0.25, -0.2) is 0 Å². The zero-order valence-corrected chi connectivity index (χ0v) is 14.1. The van der Waals surface area contributed by atoms with E-state index in [0.29, 0.717) is 0 Å². The minimum Gasteiger partial charge on any atom is -0.480 e. The molecule has 1 aliphatic rings. The summed E-state index contributed by atoms with van der Waals surface area (Å²) >= 11 is 0. The molecule has 0 saturated carbocycles. The lowest BCUT2D eigenvalue weighted by molar-refractivity contribution is -0.277. The number of carbonyl (C=O) groups is 2. The van der Waals surface area contributed by atoms with Crippen molar-refractivity contribution >= 4 is 17.4 Å². The Bertz CT molecular complexity index is 696. The second-order valence-electron chi connectivity index (χ2n) is 6.10. The largest absolute Gasteiger partial charge is 0.480 e. The molecule has 6 atom stereocenters. The molecule has 1 saturated heterocycles. The Kier molecular flexibility index (Phi) is 6.70. The van der Waals surface area contributed by atoms with Gasteiger partial charge in [-0.3, -0.25) is 9.59 Å². The van der Waals surface area contributed by atoms with Crippen LogP contribution in [-0.4, -0.2) is 80.6 Å². The van der Waals surface area contributed by atoms with E-state index >= 15 is 0 Å². The fourth-order valence-electron chi connectivity index (χ4n) is 2.58.